The van der Waals surface area contributed by atoms with Crippen LogP contribution in [0.25, 0.3) is 10.8 Å². The van der Waals surface area contributed by atoms with E-state index in [1.807, 2.05) is 37.4 Å². The third-order valence-corrected chi connectivity index (χ3v) is 3.31. The zero-order chi connectivity index (χ0) is 13.8. The molecule has 0 bridgehead atoms. The first-order chi connectivity index (χ1) is 9.06. The molecule has 0 spiro atoms. The highest BCUT2D eigenvalue weighted by Crippen LogP contribution is 2.24. The number of carbonyl (C=O) groups is 1. The average molecular weight is 277 g/mol. The zero-order valence-corrected chi connectivity index (χ0v) is 11.7. The van der Waals surface area contributed by atoms with Crippen LogP contribution in [0.1, 0.15) is 12.0 Å². The summed E-state index contributed by atoms with van der Waals surface area (Å²) >= 11 is 6.14. The number of carbonyl (C=O) groups excluding carboxylic acids is 1. The summed E-state index contributed by atoms with van der Waals surface area (Å²) in [6.07, 6.45) is 0.370. The maximum absolute atomic E-state index is 10.8. The molecule has 0 radical (unpaired) electrons. The molecule has 0 fully saturated rings. The lowest BCUT2D eigenvalue weighted by Gasteiger charge is -2.17. The predicted octanol–water partition coefficient (Wildman–Crippen LogP) is 2.80. The minimum absolute atomic E-state index is 0.275. The van der Waals surface area contributed by atoms with Gasteiger partial charge in [-0.15, -0.1) is 0 Å². The standard InChI is InChI=1S/C15H17ClN2O/c1-18(7-6-15(17)19)10-12-9-13(16)8-11-4-2-3-5-14(11)12/h2-5,8-9H,6-7,10H2,1H3,(H2,17,19). The number of rotatable bonds is 5. The maximum Gasteiger partial charge on any atom is 0.218 e. The zero-order valence-electron chi connectivity index (χ0n) is 10.9. The summed E-state index contributed by atoms with van der Waals surface area (Å²) in [5.41, 5.74) is 6.32. The number of benzene rings is 2. The Morgan fingerprint density at radius 2 is 2.05 bits per heavy atom. The van der Waals surface area contributed by atoms with Gasteiger partial charge in [0.15, 0.2) is 0 Å². The van der Waals surface area contributed by atoms with Crippen LogP contribution in [0.5, 0.6) is 0 Å². The molecule has 2 N–H and O–H groups in total. The number of amides is 1. The lowest BCUT2D eigenvalue weighted by Crippen LogP contribution is -2.24. The molecule has 2 rings (SSSR count). The summed E-state index contributed by atoms with van der Waals surface area (Å²) < 4.78 is 0. The highest BCUT2D eigenvalue weighted by Gasteiger charge is 2.07. The number of nitrogens with zero attached hydrogens (tertiary/aromatic N) is 1. The molecule has 0 heterocycles. The summed E-state index contributed by atoms with van der Waals surface area (Å²) in [4.78, 5) is 12.9. The Morgan fingerprint density at radius 3 is 2.79 bits per heavy atom. The van der Waals surface area contributed by atoms with Crippen LogP contribution >= 0.6 is 11.6 Å². The molecule has 100 valence electrons. The van der Waals surface area contributed by atoms with Gasteiger partial charge in [0, 0.05) is 24.5 Å². The van der Waals surface area contributed by atoms with Gasteiger partial charge in [0.05, 0.1) is 0 Å². The summed E-state index contributed by atoms with van der Waals surface area (Å²) in [5, 5.41) is 3.06. The van der Waals surface area contributed by atoms with E-state index in [0.29, 0.717) is 13.0 Å². The molecule has 1 amide bonds. The van der Waals surface area contributed by atoms with Crippen molar-refractivity contribution in [3.8, 4) is 0 Å². The fourth-order valence-electron chi connectivity index (χ4n) is 2.15. The van der Waals surface area contributed by atoms with Gasteiger partial charge in [0.25, 0.3) is 0 Å². The minimum Gasteiger partial charge on any atom is -0.370 e. The highest BCUT2D eigenvalue weighted by atomic mass is 35.5. The first-order valence-corrected chi connectivity index (χ1v) is 6.58. The van der Waals surface area contributed by atoms with Crippen LogP contribution in [0.4, 0.5) is 0 Å². The van der Waals surface area contributed by atoms with Crippen LogP contribution in [0.15, 0.2) is 36.4 Å². The SMILES string of the molecule is CN(CCC(N)=O)Cc1cc(Cl)cc2ccccc12. The van der Waals surface area contributed by atoms with Crippen molar-refractivity contribution >= 4 is 28.3 Å². The number of hydrogen-bond donors (Lipinski definition) is 1. The Morgan fingerprint density at radius 1 is 1.32 bits per heavy atom. The van der Waals surface area contributed by atoms with Gasteiger partial charge in [-0.1, -0.05) is 35.9 Å². The van der Waals surface area contributed by atoms with Gasteiger partial charge in [-0.3, -0.25) is 4.79 Å². The fourth-order valence-corrected chi connectivity index (χ4v) is 2.40. The van der Waals surface area contributed by atoms with Crippen LogP contribution < -0.4 is 5.73 Å². The Kier molecular flexibility index (Phi) is 4.40. The molecule has 19 heavy (non-hydrogen) atoms. The van der Waals surface area contributed by atoms with Crippen LogP contribution in [-0.4, -0.2) is 24.4 Å². The Labute approximate surface area is 118 Å². The molecular formula is C15H17ClN2O. The molecule has 2 aromatic rings. The third-order valence-electron chi connectivity index (χ3n) is 3.09. The molecule has 3 nitrogen and oxygen atoms in total. The molecule has 0 aliphatic heterocycles. The van der Waals surface area contributed by atoms with E-state index in [1.165, 1.54) is 5.39 Å². The predicted molar refractivity (Wildman–Crippen MR) is 79.1 cm³/mol. The van der Waals surface area contributed by atoms with E-state index >= 15 is 0 Å². The molecule has 0 aliphatic carbocycles. The lowest BCUT2D eigenvalue weighted by molar-refractivity contribution is -0.118. The van der Waals surface area contributed by atoms with Crippen LogP contribution in [0.3, 0.4) is 0 Å². The summed E-state index contributed by atoms with van der Waals surface area (Å²) in [5.74, 6) is -0.275. The molecule has 2 aromatic carbocycles. The smallest absolute Gasteiger partial charge is 0.218 e. The second-order valence-electron chi connectivity index (χ2n) is 4.74. The first-order valence-electron chi connectivity index (χ1n) is 6.20. The van der Waals surface area contributed by atoms with E-state index < -0.39 is 0 Å². The Bertz CT molecular complexity index is 598. The number of nitrogens with two attached hydrogens (primary N) is 1. The molecule has 0 saturated carbocycles. The molecule has 0 aliphatic rings. The minimum atomic E-state index is -0.275. The van der Waals surface area contributed by atoms with Crippen molar-refractivity contribution in [2.24, 2.45) is 5.73 Å². The number of fused-ring (bicyclic) bond motifs is 1. The van der Waals surface area contributed by atoms with Gasteiger partial charge in [0.1, 0.15) is 0 Å². The van der Waals surface area contributed by atoms with Gasteiger partial charge in [-0.2, -0.15) is 0 Å². The number of hydrogen-bond acceptors (Lipinski definition) is 2. The Hall–Kier alpha value is -1.58. The number of primary amides is 1. The van der Waals surface area contributed by atoms with Crippen molar-refractivity contribution in [2.45, 2.75) is 13.0 Å². The summed E-state index contributed by atoms with van der Waals surface area (Å²) in [7, 11) is 1.97. The van der Waals surface area contributed by atoms with Crippen molar-refractivity contribution in [3.63, 3.8) is 0 Å². The second-order valence-corrected chi connectivity index (χ2v) is 5.18. The fraction of sp³-hybridized carbons (Fsp3) is 0.267. The van der Waals surface area contributed by atoms with E-state index in [4.69, 9.17) is 17.3 Å². The quantitative estimate of drug-likeness (QED) is 0.913. The molecule has 0 saturated heterocycles. The van der Waals surface area contributed by atoms with E-state index in [-0.39, 0.29) is 5.91 Å². The molecule has 0 atom stereocenters. The topological polar surface area (TPSA) is 46.3 Å². The van der Waals surface area contributed by atoms with Crippen LogP contribution in [0.2, 0.25) is 5.02 Å². The highest BCUT2D eigenvalue weighted by molar-refractivity contribution is 6.31. The van der Waals surface area contributed by atoms with Crippen molar-refractivity contribution in [1.82, 2.24) is 4.90 Å². The summed E-state index contributed by atoms with van der Waals surface area (Å²) in [6.45, 7) is 1.39. The van der Waals surface area contributed by atoms with Gasteiger partial charge < -0.3 is 10.6 Å². The van der Waals surface area contributed by atoms with Crippen molar-refractivity contribution < 1.29 is 4.79 Å². The van der Waals surface area contributed by atoms with Gasteiger partial charge >= 0.3 is 0 Å². The molecule has 0 aromatic heterocycles. The first kappa shape index (κ1) is 13.8. The average Bonchev–Trinajstić information content (AvgIpc) is 2.36. The largest absolute Gasteiger partial charge is 0.370 e. The van der Waals surface area contributed by atoms with Gasteiger partial charge in [-0.25, -0.2) is 0 Å². The van der Waals surface area contributed by atoms with E-state index in [0.717, 1.165) is 22.5 Å². The summed E-state index contributed by atoms with van der Waals surface area (Å²) in [6, 6.07) is 12.1. The third kappa shape index (κ3) is 3.69. The molecule has 4 heteroatoms. The monoisotopic (exact) mass is 276 g/mol. The normalized spacial score (nSPS) is 11.1. The van der Waals surface area contributed by atoms with E-state index in [9.17, 15) is 4.79 Å². The maximum atomic E-state index is 10.8. The molecule has 0 unspecified atom stereocenters. The number of halogens is 1. The molecular weight excluding hydrogens is 260 g/mol. The van der Waals surface area contributed by atoms with Crippen LogP contribution in [-0.2, 0) is 11.3 Å². The van der Waals surface area contributed by atoms with Crippen molar-refractivity contribution in [2.75, 3.05) is 13.6 Å². The van der Waals surface area contributed by atoms with Gasteiger partial charge in [-0.05, 0) is 35.5 Å². The van der Waals surface area contributed by atoms with E-state index in [1.54, 1.807) is 0 Å². The van der Waals surface area contributed by atoms with Crippen molar-refractivity contribution in [3.05, 3.63) is 47.0 Å². The lowest BCUT2D eigenvalue weighted by atomic mass is 10.0. The van der Waals surface area contributed by atoms with Crippen LogP contribution in [0, 0.1) is 0 Å². The second kappa shape index (κ2) is 6.04. The van der Waals surface area contributed by atoms with Crippen molar-refractivity contribution in [1.29, 1.82) is 0 Å². The van der Waals surface area contributed by atoms with E-state index in [2.05, 4.69) is 11.0 Å². The Balaban J connectivity index is 2.22. The van der Waals surface area contributed by atoms with Gasteiger partial charge in [0.2, 0.25) is 5.91 Å².